The maximum absolute atomic E-state index is 12.1. The second-order valence-electron chi connectivity index (χ2n) is 6.73. The molecule has 118 valence electrons. The molecule has 0 saturated carbocycles. The van der Waals surface area contributed by atoms with Crippen LogP contribution in [-0.4, -0.2) is 44.7 Å². The highest BCUT2D eigenvalue weighted by atomic mass is 32.2. The highest BCUT2D eigenvalue weighted by molar-refractivity contribution is 7.89. The lowest BCUT2D eigenvalue weighted by atomic mass is 9.81. The van der Waals surface area contributed by atoms with Crippen LogP contribution in [0.3, 0.4) is 0 Å². The number of rotatable bonds is 5. The number of likely N-dealkylation sites (tertiary alicyclic amines) is 1. The van der Waals surface area contributed by atoms with E-state index in [9.17, 15) is 13.2 Å². The number of sulfonamides is 1. The zero-order valence-electron chi connectivity index (χ0n) is 12.8. The van der Waals surface area contributed by atoms with Crippen molar-refractivity contribution in [3.8, 4) is 0 Å². The fourth-order valence-electron chi connectivity index (χ4n) is 2.10. The van der Waals surface area contributed by atoms with Crippen LogP contribution in [0.15, 0.2) is 0 Å². The van der Waals surface area contributed by atoms with Gasteiger partial charge in [-0.05, 0) is 23.7 Å². The van der Waals surface area contributed by atoms with Crippen LogP contribution < -0.4 is 10.5 Å². The van der Waals surface area contributed by atoms with Crippen molar-refractivity contribution in [3.63, 3.8) is 0 Å². The number of carbonyl (C=O) groups is 1. The van der Waals surface area contributed by atoms with Gasteiger partial charge >= 0.3 is 6.03 Å². The Kier molecular flexibility index (Phi) is 5.43. The lowest BCUT2D eigenvalue weighted by Crippen LogP contribution is -2.44. The number of primary sulfonamides is 1. The minimum atomic E-state index is -3.46. The number of hydrogen-bond acceptors (Lipinski definition) is 3. The average molecular weight is 305 g/mol. The monoisotopic (exact) mass is 305 g/mol. The van der Waals surface area contributed by atoms with Gasteiger partial charge in [-0.3, -0.25) is 0 Å². The Bertz CT molecular complexity index is 446. The first kappa shape index (κ1) is 17.2. The minimum absolute atomic E-state index is 0.0371. The summed E-state index contributed by atoms with van der Waals surface area (Å²) in [6.45, 7) is 10.2. The third kappa shape index (κ3) is 5.28. The molecule has 0 bridgehead atoms. The molecule has 0 aromatic heterocycles. The molecule has 1 fully saturated rings. The highest BCUT2D eigenvalue weighted by Crippen LogP contribution is 2.25. The summed E-state index contributed by atoms with van der Waals surface area (Å²) in [5, 5.41) is 7.97. The Morgan fingerprint density at radius 2 is 2.05 bits per heavy atom. The largest absolute Gasteiger partial charge is 0.337 e. The number of hydrogen-bond donors (Lipinski definition) is 2. The van der Waals surface area contributed by atoms with Crippen molar-refractivity contribution in [1.29, 1.82) is 0 Å². The second kappa shape index (κ2) is 6.30. The molecule has 2 amide bonds. The molecule has 1 unspecified atom stereocenters. The molecular weight excluding hydrogens is 278 g/mol. The van der Waals surface area contributed by atoms with Crippen molar-refractivity contribution >= 4 is 16.1 Å². The quantitative estimate of drug-likeness (QED) is 0.793. The van der Waals surface area contributed by atoms with Gasteiger partial charge in [0.1, 0.15) is 0 Å². The maximum Gasteiger partial charge on any atom is 0.317 e. The third-order valence-corrected chi connectivity index (χ3v) is 5.24. The summed E-state index contributed by atoms with van der Waals surface area (Å²) in [6, 6.07) is -0.115. The van der Waals surface area contributed by atoms with E-state index in [-0.39, 0.29) is 23.1 Å². The van der Waals surface area contributed by atoms with E-state index in [1.165, 1.54) is 0 Å². The van der Waals surface area contributed by atoms with Crippen molar-refractivity contribution in [2.45, 2.75) is 34.1 Å². The van der Waals surface area contributed by atoms with E-state index < -0.39 is 10.0 Å². The Morgan fingerprint density at radius 3 is 2.55 bits per heavy atom. The molecule has 1 aliphatic heterocycles. The Morgan fingerprint density at radius 1 is 1.45 bits per heavy atom. The van der Waals surface area contributed by atoms with Gasteiger partial charge < -0.3 is 10.2 Å². The van der Waals surface area contributed by atoms with Crippen LogP contribution >= 0.6 is 0 Å². The maximum atomic E-state index is 12.1. The molecule has 7 heteroatoms. The average Bonchev–Trinajstić information content (AvgIpc) is 2.71. The molecule has 0 aromatic rings. The van der Waals surface area contributed by atoms with E-state index in [1.54, 1.807) is 4.90 Å². The standard InChI is InChI=1S/C13H27N3O3S/c1-10(2)13(3,4)9-15-12(17)16-6-5-11(7-16)8-20(14,18)19/h10-11H,5-9H2,1-4H3,(H,15,17)(H2,14,18,19). The first-order valence-electron chi connectivity index (χ1n) is 7.04. The Balaban J connectivity index is 2.43. The summed E-state index contributed by atoms with van der Waals surface area (Å²) in [5.41, 5.74) is 0.0371. The van der Waals surface area contributed by atoms with Gasteiger partial charge in [0.15, 0.2) is 0 Å². The van der Waals surface area contributed by atoms with Crippen molar-refractivity contribution in [3.05, 3.63) is 0 Å². The molecule has 0 radical (unpaired) electrons. The summed E-state index contributed by atoms with van der Waals surface area (Å²) in [6.07, 6.45) is 0.692. The fourth-order valence-corrected chi connectivity index (χ4v) is 3.03. The van der Waals surface area contributed by atoms with Gasteiger partial charge in [0, 0.05) is 19.6 Å². The topological polar surface area (TPSA) is 92.5 Å². The lowest BCUT2D eigenvalue weighted by Gasteiger charge is -2.30. The van der Waals surface area contributed by atoms with Crippen LogP contribution in [0.1, 0.15) is 34.1 Å². The fraction of sp³-hybridized carbons (Fsp3) is 0.923. The molecule has 1 atom stereocenters. The second-order valence-corrected chi connectivity index (χ2v) is 8.39. The van der Waals surface area contributed by atoms with Gasteiger partial charge in [-0.15, -0.1) is 0 Å². The van der Waals surface area contributed by atoms with Gasteiger partial charge in [0.05, 0.1) is 5.75 Å². The van der Waals surface area contributed by atoms with Crippen molar-refractivity contribution in [1.82, 2.24) is 10.2 Å². The summed E-state index contributed by atoms with van der Waals surface area (Å²) < 4.78 is 22.1. The summed E-state index contributed by atoms with van der Waals surface area (Å²) in [7, 11) is -3.46. The molecule has 6 nitrogen and oxygen atoms in total. The van der Waals surface area contributed by atoms with E-state index >= 15 is 0 Å². The van der Waals surface area contributed by atoms with Crippen LogP contribution in [0.2, 0.25) is 0 Å². The summed E-state index contributed by atoms with van der Waals surface area (Å²) >= 11 is 0. The number of nitrogens with zero attached hydrogens (tertiary/aromatic N) is 1. The smallest absolute Gasteiger partial charge is 0.317 e. The number of carbonyl (C=O) groups excluding carboxylic acids is 1. The summed E-state index contributed by atoms with van der Waals surface area (Å²) in [5.74, 6) is 0.374. The van der Waals surface area contributed by atoms with Crippen LogP contribution in [0.4, 0.5) is 4.79 Å². The van der Waals surface area contributed by atoms with E-state index in [0.717, 1.165) is 0 Å². The van der Waals surface area contributed by atoms with E-state index in [0.29, 0.717) is 32.0 Å². The molecule has 0 aliphatic carbocycles. The van der Waals surface area contributed by atoms with Crippen molar-refractivity contribution in [2.75, 3.05) is 25.4 Å². The van der Waals surface area contributed by atoms with Gasteiger partial charge in [0.2, 0.25) is 10.0 Å². The third-order valence-electron chi connectivity index (χ3n) is 4.30. The van der Waals surface area contributed by atoms with Gasteiger partial charge in [0.25, 0.3) is 0 Å². The molecule has 0 aromatic carbocycles. The first-order valence-corrected chi connectivity index (χ1v) is 8.76. The molecule has 20 heavy (non-hydrogen) atoms. The molecule has 1 rings (SSSR count). The highest BCUT2D eigenvalue weighted by Gasteiger charge is 2.30. The van der Waals surface area contributed by atoms with Crippen LogP contribution in [0.25, 0.3) is 0 Å². The SMILES string of the molecule is CC(C)C(C)(C)CNC(=O)N1CCC(CS(N)(=O)=O)C1. The van der Waals surface area contributed by atoms with E-state index in [1.807, 2.05) is 0 Å². The summed E-state index contributed by atoms with van der Waals surface area (Å²) in [4.78, 5) is 13.7. The molecule has 1 heterocycles. The molecule has 0 spiro atoms. The predicted octanol–water partition coefficient (Wildman–Crippen LogP) is 0.989. The lowest BCUT2D eigenvalue weighted by molar-refractivity contribution is 0.190. The molecule has 3 N–H and O–H groups in total. The van der Waals surface area contributed by atoms with Crippen LogP contribution in [-0.2, 0) is 10.0 Å². The van der Waals surface area contributed by atoms with E-state index in [2.05, 4.69) is 33.0 Å². The first-order chi connectivity index (χ1) is 9.01. The molecule has 1 saturated heterocycles. The zero-order chi connectivity index (χ0) is 15.6. The van der Waals surface area contributed by atoms with Crippen LogP contribution in [0, 0.1) is 17.3 Å². The van der Waals surface area contributed by atoms with Gasteiger partial charge in [-0.25, -0.2) is 18.4 Å². The van der Waals surface area contributed by atoms with Gasteiger partial charge in [-0.1, -0.05) is 27.7 Å². The Labute approximate surface area is 122 Å². The van der Waals surface area contributed by atoms with Crippen molar-refractivity contribution in [2.24, 2.45) is 22.4 Å². The minimum Gasteiger partial charge on any atom is -0.337 e. The number of urea groups is 1. The normalized spacial score (nSPS) is 20.5. The van der Waals surface area contributed by atoms with E-state index in [4.69, 9.17) is 5.14 Å². The molecule has 1 aliphatic rings. The number of nitrogens with one attached hydrogen (secondary N) is 1. The van der Waals surface area contributed by atoms with Crippen LogP contribution in [0.5, 0.6) is 0 Å². The Hall–Kier alpha value is -0.820. The predicted molar refractivity (Wildman–Crippen MR) is 79.7 cm³/mol. The zero-order valence-corrected chi connectivity index (χ0v) is 13.7. The van der Waals surface area contributed by atoms with Crippen molar-refractivity contribution < 1.29 is 13.2 Å². The number of amides is 2. The number of nitrogens with two attached hydrogens (primary N) is 1. The van der Waals surface area contributed by atoms with Gasteiger partial charge in [-0.2, -0.15) is 0 Å². The molecular formula is C13H27N3O3S.